The Labute approximate surface area is 163 Å². The SMILES string of the molecule is Cc1cc(C)c2cc(C(=O)N3CCCC(c4nc5ccccc5o4)C3)[nH]c2c1. The van der Waals surface area contributed by atoms with E-state index >= 15 is 0 Å². The fraction of sp³-hybridized carbons (Fsp3) is 0.304. The standard InChI is InChI=1S/C23H23N3O2/c1-14-10-15(2)17-12-20(24-19(17)11-14)23(27)26-9-5-6-16(13-26)22-25-18-7-3-4-8-21(18)28-22/h3-4,7-8,10-12,16,24H,5-6,9,13H2,1-2H3. The van der Waals surface area contributed by atoms with Crippen LogP contribution in [-0.4, -0.2) is 33.9 Å². The highest BCUT2D eigenvalue weighted by molar-refractivity contribution is 5.99. The maximum atomic E-state index is 13.2. The van der Waals surface area contributed by atoms with Crippen molar-refractivity contribution in [2.24, 2.45) is 0 Å². The molecule has 1 aliphatic rings. The van der Waals surface area contributed by atoms with Crippen LogP contribution in [0.2, 0.25) is 0 Å². The molecule has 1 amide bonds. The summed E-state index contributed by atoms with van der Waals surface area (Å²) >= 11 is 0. The third-order valence-corrected chi connectivity index (χ3v) is 5.69. The monoisotopic (exact) mass is 373 g/mol. The number of aromatic nitrogens is 2. The minimum absolute atomic E-state index is 0.0501. The molecule has 0 bridgehead atoms. The fourth-order valence-corrected chi connectivity index (χ4v) is 4.31. The number of nitrogens with one attached hydrogen (secondary N) is 1. The summed E-state index contributed by atoms with van der Waals surface area (Å²) in [6, 6.07) is 14.0. The molecular weight excluding hydrogens is 350 g/mol. The number of para-hydroxylation sites is 2. The molecular formula is C23H23N3O2. The van der Waals surface area contributed by atoms with Crippen molar-refractivity contribution in [3.63, 3.8) is 0 Å². The van der Waals surface area contributed by atoms with Gasteiger partial charge in [-0.15, -0.1) is 0 Å². The summed E-state index contributed by atoms with van der Waals surface area (Å²) in [4.78, 5) is 23.1. The van der Waals surface area contributed by atoms with E-state index in [9.17, 15) is 4.79 Å². The van der Waals surface area contributed by atoms with Gasteiger partial charge in [-0.3, -0.25) is 4.79 Å². The van der Waals surface area contributed by atoms with Crippen molar-refractivity contribution in [1.29, 1.82) is 0 Å². The molecule has 1 fully saturated rings. The molecule has 5 nitrogen and oxygen atoms in total. The van der Waals surface area contributed by atoms with Crippen molar-refractivity contribution in [2.45, 2.75) is 32.6 Å². The number of oxazole rings is 1. The molecule has 28 heavy (non-hydrogen) atoms. The van der Waals surface area contributed by atoms with E-state index in [0.29, 0.717) is 12.2 Å². The molecule has 0 spiro atoms. The van der Waals surface area contributed by atoms with E-state index in [4.69, 9.17) is 4.42 Å². The number of carbonyl (C=O) groups is 1. The van der Waals surface area contributed by atoms with Crippen molar-refractivity contribution >= 4 is 27.9 Å². The van der Waals surface area contributed by atoms with Crippen LogP contribution in [-0.2, 0) is 0 Å². The zero-order valence-corrected chi connectivity index (χ0v) is 16.2. The van der Waals surface area contributed by atoms with Gasteiger partial charge >= 0.3 is 0 Å². The molecule has 5 heteroatoms. The minimum atomic E-state index is 0.0501. The predicted molar refractivity (Wildman–Crippen MR) is 110 cm³/mol. The van der Waals surface area contributed by atoms with Crippen molar-refractivity contribution in [3.05, 3.63) is 65.2 Å². The Bertz CT molecular complexity index is 1150. The molecule has 1 saturated heterocycles. The van der Waals surface area contributed by atoms with Crippen molar-refractivity contribution in [3.8, 4) is 0 Å². The number of aromatic amines is 1. The van der Waals surface area contributed by atoms with Crippen LogP contribution in [0.5, 0.6) is 0 Å². The Kier molecular flexibility index (Phi) is 3.97. The van der Waals surface area contributed by atoms with Gasteiger partial charge in [0, 0.05) is 24.0 Å². The second-order valence-corrected chi connectivity index (χ2v) is 7.84. The van der Waals surface area contributed by atoms with E-state index < -0.39 is 0 Å². The smallest absolute Gasteiger partial charge is 0.270 e. The first-order chi connectivity index (χ1) is 13.6. The lowest BCUT2D eigenvalue weighted by Gasteiger charge is -2.31. The number of nitrogens with zero attached hydrogens (tertiary/aromatic N) is 2. The first-order valence-corrected chi connectivity index (χ1v) is 9.83. The molecule has 1 aliphatic heterocycles. The molecule has 142 valence electrons. The average Bonchev–Trinajstić information content (AvgIpc) is 3.31. The maximum absolute atomic E-state index is 13.2. The van der Waals surface area contributed by atoms with Crippen LogP contribution in [0.1, 0.15) is 46.3 Å². The summed E-state index contributed by atoms with van der Waals surface area (Å²) in [5.41, 5.74) is 5.74. The van der Waals surface area contributed by atoms with E-state index in [0.717, 1.165) is 47.3 Å². The van der Waals surface area contributed by atoms with E-state index in [-0.39, 0.29) is 11.8 Å². The molecule has 1 unspecified atom stereocenters. The van der Waals surface area contributed by atoms with E-state index in [2.05, 4.69) is 35.9 Å². The molecule has 0 aliphatic carbocycles. The number of H-pyrrole nitrogens is 1. The lowest BCUT2D eigenvalue weighted by Crippen LogP contribution is -2.39. The number of fused-ring (bicyclic) bond motifs is 2. The van der Waals surface area contributed by atoms with Gasteiger partial charge in [0.15, 0.2) is 11.5 Å². The summed E-state index contributed by atoms with van der Waals surface area (Å²) in [5.74, 6) is 0.925. The second kappa shape index (κ2) is 6.51. The van der Waals surface area contributed by atoms with E-state index in [1.54, 1.807) is 0 Å². The normalized spacial score (nSPS) is 17.5. The van der Waals surface area contributed by atoms with Crippen LogP contribution in [0.4, 0.5) is 0 Å². The largest absolute Gasteiger partial charge is 0.440 e. The van der Waals surface area contributed by atoms with Gasteiger partial charge in [0.2, 0.25) is 0 Å². The van der Waals surface area contributed by atoms with Crippen LogP contribution >= 0.6 is 0 Å². The number of aryl methyl sites for hydroxylation is 2. The fourth-order valence-electron chi connectivity index (χ4n) is 4.31. The van der Waals surface area contributed by atoms with Gasteiger partial charge in [0.25, 0.3) is 5.91 Å². The number of hydrogen-bond acceptors (Lipinski definition) is 3. The zero-order chi connectivity index (χ0) is 19.3. The Morgan fingerprint density at radius 2 is 2.07 bits per heavy atom. The van der Waals surface area contributed by atoms with E-state index in [1.807, 2.05) is 35.2 Å². The number of piperidine rings is 1. The molecule has 1 N–H and O–H groups in total. The molecule has 5 rings (SSSR count). The number of hydrogen-bond donors (Lipinski definition) is 1. The minimum Gasteiger partial charge on any atom is -0.440 e. The third-order valence-electron chi connectivity index (χ3n) is 5.69. The number of rotatable bonds is 2. The van der Waals surface area contributed by atoms with Gasteiger partial charge in [0.05, 0.1) is 5.92 Å². The highest BCUT2D eigenvalue weighted by atomic mass is 16.3. The lowest BCUT2D eigenvalue weighted by molar-refractivity contribution is 0.0694. The van der Waals surface area contributed by atoms with Crippen LogP contribution in [0.15, 0.2) is 46.9 Å². The zero-order valence-electron chi connectivity index (χ0n) is 16.2. The lowest BCUT2D eigenvalue weighted by atomic mass is 9.97. The van der Waals surface area contributed by atoms with Gasteiger partial charge in [0.1, 0.15) is 11.2 Å². The topological polar surface area (TPSA) is 62.1 Å². The second-order valence-electron chi connectivity index (χ2n) is 7.84. The summed E-state index contributed by atoms with van der Waals surface area (Å²) in [5, 5.41) is 1.11. The molecule has 2 aromatic heterocycles. The van der Waals surface area contributed by atoms with Gasteiger partial charge in [-0.2, -0.15) is 0 Å². The van der Waals surface area contributed by atoms with Gasteiger partial charge < -0.3 is 14.3 Å². The van der Waals surface area contributed by atoms with Gasteiger partial charge in [-0.05, 0) is 62.1 Å². The molecule has 4 aromatic rings. The van der Waals surface area contributed by atoms with Gasteiger partial charge in [-0.1, -0.05) is 18.2 Å². The van der Waals surface area contributed by atoms with Crippen LogP contribution < -0.4 is 0 Å². The van der Waals surface area contributed by atoms with Crippen LogP contribution in [0.3, 0.4) is 0 Å². The average molecular weight is 373 g/mol. The number of amides is 1. The predicted octanol–water partition coefficient (Wildman–Crippen LogP) is 4.95. The molecule has 3 heterocycles. The first kappa shape index (κ1) is 17.0. The highest BCUT2D eigenvalue weighted by Crippen LogP contribution is 2.30. The Hall–Kier alpha value is -3.08. The summed E-state index contributed by atoms with van der Waals surface area (Å²) in [6.07, 6.45) is 1.94. The molecule has 0 radical (unpaired) electrons. The third kappa shape index (κ3) is 2.87. The number of benzene rings is 2. The number of carbonyl (C=O) groups excluding carboxylic acids is 1. The molecule has 0 saturated carbocycles. The number of likely N-dealkylation sites (tertiary alicyclic amines) is 1. The quantitative estimate of drug-likeness (QED) is 0.541. The van der Waals surface area contributed by atoms with E-state index in [1.165, 1.54) is 11.1 Å². The Morgan fingerprint density at radius 1 is 1.21 bits per heavy atom. The summed E-state index contributed by atoms with van der Waals surface area (Å²) in [7, 11) is 0. The Balaban J connectivity index is 1.41. The van der Waals surface area contributed by atoms with Crippen molar-refractivity contribution in [1.82, 2.24) is 14.9 Å². The Morgan fingerprint density at radius 3 is 2.93 bits per heavy atom. The summed E-state index contributed by atoms with van der Waals surface area (Å²) < 4.78 is 5.96. The maximum Gasteiger partial charge on any atom is 0.270 e. The van der Waals surface area contributed by atoms with Crippen LogP contribution in [0, 0.1) is 13.8 Å². The summed E-state index contributed by atoms with van der Waals surface area (Å²) in [6.45, 7) is 5.56. The first-order valence-electron chi connectivity index (χ1n) is 9.83. The van der Waals surface area contributed by atoms with Crippen LogP contribution in [0.25, 0.3) is 22.0 Å². The highest BCUT2D eigenvalue weighted by Gasteiger charge is 2.29. The molecule has 1 atom stereocenters. The van der Waals surface area contributed by atoms with Crippen molar-refractivity contribution in [2.75, 3.05) is 13.1 Å². The molecule has 2 aromatic carbocycles. The van der Waals surface area contributed by atoms with Gasteiger partial charge in [-0.25, -0.2) is 4.98 Å². The van der Waals surface area contributed by atoms with Crippen molar-refractivity contribution < 1.29 is 9.21 Å².